The minimum absolute atomic E-state index is 0.0924. The Bertz CT molecular complexity index is 1430. The number of halogens is 2. The summed E-state index contributed by atoms with van der Waals surface area (Å²) in [6.07, 6.45) is 2.83. The molecule has 1 N–H and O–H groups in total. The maximum atomic E-state index is 12.9. The molecule has 31 heavy (non-hydrogen) atoms. The zero-order valence-electron chi connectivity index (χ0n) is 16.3. The van der Waals surface area contributed by atoms with E-state index in [1.165, 1.54) is 12.1 Å². The summed E-state index contributed by atoms with van der Waals surface area (Å²) in [4.78, 5) is 17.5. The van der Waals surface area contributed by atoms with Crippen LogP contribution in [0.3, 0.4) is 0 Å². The van der Waals surface area contributed by atoms with Crippen LogP contribution in [0.4, 0.5) is 5.69 Å². The molecule has 5 nitrogen and oxygen atoms in total. The van der Waals surface area contributed by atoms with Crippen LogP contribution in [-0.4, -0.2) is 25.6 Å². The number of sulfone groups is 1. The van der Waals surface area contributed by atoms with Crippen LogP contribution >= 0.6 is 34.2 Å². The van der Waals surface area contributed by atoms with Crippen LogP contribution in [0.25, 0.3) is 22.0 Å². The fourth-order valence-corrected chi connectivity index (χ4v) is 4.66. The smallest absolute Gasteiger partial charge is 0.256 e. The summed E-state index contributed by atoms with van der Waals surface area (Å²) in [5.74, 6) is -0.408. The zero-order valence-corrected chi connectivity index (χ0v) is 20.0. The molecule has 0 unspecified atom stereocenters. The van der Waals surface area contributed by atoms with E-state index >= 15 is 0 Å². The zero-order chi connectivity index (χ0) is 22.2. The lowest BCUT2D eigenvalue weighted by atomic mass is 10.0. The lowest BCUT2D eigenvalue weighted by molar-refractivity contribution is 0.102. The molecule has 0 saturated carbocycles. The second-order valence-electron chi connectivity index (χ2n) is 6.94. The van der Waals surface area contributed by atoms with Crippen LogP contribution in [-0.2, 0) is 9.84 Å². The first kappa shape index (κ1) is 21.7. The van der Waals surface area contributed by atoms with E-state index in [1.54, 1.807) is 30.5 Å². The van der Waals surface area contributed by atoms with Crippen LogP contribution < -0.4 is 5.32 Å². The minimum Gasteiger partial charge on any atom is -0.322 e. The van der Waals surface area contributed by atoms with Gasteiger partial charge in [-0.3, -0.25) is 9.78 Å². The standard InChI is InChI=1S/C23H16ClIN2O3S/c1-31(29,30)16-7-9-21(25)19(13-16)23(28)27-15-6-8-20(24)18(12-15)22-17-5-3-2-4-14(17)10-11-26-22/h2-13H,1H3,(H,27,28). The Kier molecular flexibility index (Phi) is 6.00. The lowest BCUT2D eigenvalue weighted by Crippen LogP contribution is -2.14. The van der Waals surface area contributed by atoms with Gasteiger partial charge in [-0.2, -0.15) is 0 Å². The van der Waals surface area contributed by atoms with Crippen molar-refractivity contribution < 1.29 is 13.2 Å². The van der Waals surface area contributed by atoms with Gasteiger partial charge in [0.15, 0.2) is 9.84 Å². The third kappa shape index (κ3) is 4.58. The minimum atomic E-state index is -3.43. The topological polar surface area (TPSA) is 76.1 Å². The molecule has 0 aliphatic heterocycles. The number of nitrogens with zero attached hydrogens (tertiary/aromatic N) is 1. The van der Waals surface area contributed by atoms with Crippen molar-refractivity contribution in [2.45, 2.75) is 4.90 Å². The molecule has 1 heterocycles. The Balaban J connectivity index is 1.72. The molecule has 0 atom stereocenters. The van der Waals surface area contributed by atoms with Gasteiger partial charge in [0.2, 0.25) is 0 Å². The molecule has 4 aromatic rings. The van der Waals surface area contributed by atoms with Crippen molar-refractivity contribution in [3.63, 3.8) is 0 Å². The molecule has 0 bridgehead atoms. The molecule has 3 aromatic carbocycles. The highest BCUT2D eigenvalue weighted by Gasteiger charge is 2.17. The molecule has 156 valence electrons. The summed E-state index contributed by atoms with van der Waals surface area (Å²) in [6.45, 7) is 0. The van der Waals surface area contributed by atoms with Crippen molar-refractivity contribution in [3.05, 3.63) is 87.1 Å². The number of aromatic nitrogens is 1. The molecule has 0 aliphatic rings. The van der Waals surface area contributed by atoms with Gasteiger partial charge in [0, 0.05) is 32.7 Å². The van der Waals surface area contributed by atoms with E-state index in [0.717, 1.165) is 17.0 Å². The van der Waals surface area contributed by atoms with Crippen LogP contribution in [0.2, 0.25) is 5.02 Å². The maximum Gasteiger partial charge on any atom is 0.256 e. The van der Waals surface area contributed by atoms with Crippen molar-refractivity contribution in [2.75, 3.05) is 11.6 Å². The number of amides is 1. The van der Waals surface area contributed by atoms with E-state index < -0.39 is 15.7 Å². The predicted octanol–water partition coefficient (Wildman–Crippen LogP) is 5.82. The van der Waals surface area contributed by atoms with Crippen molar-refractivity contribution in [2.24, 2.45) is 0 Å². The molecule has 0 aliphatic carbocycles. The summed E-state index contributed by atoms with van der Waals surface area (Å²) >= 11 is 8.47. The van der Waals surface area contributed by atoms with Gasteiger partial charge in [-0.1, -0.05) is 35.9 Å². The first-order valence-electron chi connectivity index (χ1n) is 9.19. The second kappa shape index (κ2) is 8.57. The van der Waals surface area contributed by atoms with Gasteiger partial charge in [-0.05, 0) is 70.4 Å². The third-order valence-corrected chi connectivity index (χ3v) is 7.14. The number of anilines is 1. The van der Waals surface area contributed by atoms with Crippen LogP contribution in [0.1, 0.15) is 10.4 Å². The lowest BCUT2D eigenvalue weighted by Gasteiger charge is -2.12. The second-order valence-corrected chi connectivity index (χ2v) is 10.5. The average Bonchev–Trinajstić information content (AvgIpc) is 2.74. The van der Waals surface area contributed by atoms with Gasteiger partial charge >= 0.3 is 0 Å². The van der Waals surface area contributed by atoms with Crippen molar-refractivity contribution in [3.8, 4) is 11.3 Å². The summed E-state index contributed by atoms with van der Waals surface area (Å²) in [7, 11) is -3.43. The first-order chi connectivity index (χ1) is 14.7. The van der Waals surface area contributed by atoms with E-state index in [9.17, 15) is 13.2 Å². The molecule has 0 fully saturated rings. The summed E-state index contributed by atoms with van der Waals surface area (Å²) in [5, 5.41) is 5.33. The van der Waals surface area contributed by atoms with E-state index in [4.69, 9.17) is 11.6 Å². The fourth-order valence-electron chi connectivity index (χ4n) is 3.23. The number of hydrogen-bond donors (Lipinski definition) is 1. The highest BCUT2D eigenvalue weighted by Crippen LogP contribution is 2.34. The average molecular weight is 563 g/mol. The number of benzene rings is 3. The molecule has 0 saturated heterocycles. The molecule has 0 spiro atoms. The molecule has 8 heteroatoms. The molecular formula is C23H16ClIN2O3S. The van der Waals surface area contributed by atoms with Gasteiger partial charge in [0.05, 0.1) is 21.2 Å². The summed E-state index contributed by atoms with van der Waals surface area (Å²) < 4.78 is 24.4. The quantitative estimate of drug-likeness (QED) is 0.318. The van der Waals surface area contributed by atoms with Gasteiger partial charge in [0.1, 0.15) is 0 Å². The Labute approximate surface area is 198 Å². The predicted molar refractivity (Wildman–Crippen MR) is 132 cm³/mol. The Morgan fingerprint density at radius 3 is 2.58 bits per heavy atom. The molecule has 4 rings (SSSR count). The number of carbonyl (C=O) groups is 1. The van der Waals surface area contributed by atoms with E-state index in [1.807, 2.05) is 52.9 Å². The molecule has 1 aromatic heterocycles. The van der Waals surface area contributed by atoms with Crippen LogP contribution in [0, 0.1) is 3.57 Å². The normalized spacial score (nSPS) is 11.5. The van der Waals surface area contributed by atoms with E-state index in [-0.39, 0.29) is 10.5 Å². The number of hydrogen-bond acceptors (Lipinski definition) is 4. The Morgan fingerprint density at radius 1 is 1.03 bits per heavy atom. The maximum absolute atomic E-state index is 12.9. The summed E-state index contributed by atoms with van der Waals surface area (Å²) in [6, 6.07) is 19.4. The highest BCUT2D eigenvalue weighted by molar-refractivity contribution is 14.1. The van der Waals surface area contributed by atoms with E-state index in [2.05, 4.69) is 10.3 Å². The third-order valence-electron chi connectivity index (χ3n) is 4.76. The van der Waals surface area contributed by atoms with Gasteiger partial charge < -0.3 is 5.32 Å². The largest absolute Gasteiger partial charge is 0.322 e. The molecular weight excluding hydrogens is 547 g/mol. The number of carbonyl (C=O) groups excluding carboxylic acids is 1. The number of rotatable bonds is 4. The number of pyridine rings is 1. The van der Waals surface area contributed by atoms with Gasteiger partial charge in [-0.25, -0.2) is 8.42 Å². The number of fused-ring (bicyclic) bond motifs is 1. The van der Waals surface area contributed by atoms with Crippen LogP contribution in [0.5, 0.6) is 0 Å². The fraction of sp³-hybridized carbons (Fsp3) is 0.0435. The summed E-state index contributed by atoms with van der Waals surface area (Å²) in [5.41, 5.74) is 2.21. The molecule has 0 radical (unpaired) electrons. The van der Waals surface area contributed by atoms with Crippen molar-refractivity contribution in [1.82, 2.24) is 4.98 Å². The van der Waals surface area contributed by atoms with E-state index in [0.29, 0.717) is 25.5 Å². The monoisotopic (exact) mass is 562 g/mol. The van der Waals surface area contributed by atoms with Crippen molar-refractivity contribution >= 4 is 66.4 Å². The van der Waals surface area contributed by atoms with Gasteiger partial charge in [0.25, 0.3) is 5.91 Å². The highest BCUT2D eigenvalue weighted by atomic mass is 127. The van der Waals surface area contributed by atoms with Gasteiger partial charge in [-0.15, -0.1) is 0 Å². The van der Waals surface area contributed by atoms with Crippen molar-refractivity contribution in [1.29, 1.82) is 0 Å². The Morgan fingerprint density at radius 2 is 1.81 bits per heavy atom. The first-order valence-corrected chi connectivity index (χ1v) is 12.5. The van der Waals surface area contributed by atoms with Crippen LogP contribution in [0.15, 0.2) is 77.8 Å². The number of nitrogens with one attached hydrogen (secondary N) is 1. The SMILES string of the molecule is CS(=O)(=O)c1ccc(I)c(C(=O)Nc2ccc(Cl)c(-c3nccc4ccccc34)c2)c1. The molecule has 1 amide bonds. The Hall–Kier alpha value is -2.49.